The molecule has 0 N–H and O–H groups in total. The van der Waals surface area contributed by atoms with Crippen LogP contribution < -0.4 is 14.1 Å². The first-order chi connectivity index (χ1) is 15.9. The van der Waals surface area contributed by atoms with Gasteiger partial charge < -0.3 is 4.90 Å². The van der Waals surface area contributed by atoms with Gasteiger partial charge in [-0.25, -0.2) is 13.2 Å². The minimum atomic E-state index is -4.12. The van der Waals surface area contributed by atoms with Crippen LogP contribution in [0.1, 0.15) is 17.5 Å². The lowest BCUT2D eigenvalue weighted by atomic mass is 10.0. The monoisotopic (exact) mass is 461 g/mol. The molecule has 0 spiro atoms. The van der Waals surface area contributed by atoms with Gasteiger partial charge in [0.25, 0.3) is 10.0 Å². The van der Waals surface area contributed by atoms with Gasteiger partial charge in [0.15, 0.2) is 0 Å². The standard InChI is InChI=1S/C25H23N3O4S/c1-18-12-14-20(15-13-18)28-25(30)27(22-10-4-5-11-23(22)33(28,31)32)17-24(29)26-16-6-8-19-7-2-3-9-21(19)26/h2-5,7,9-15H,6,8,16-17H2,1H3. The van der Waals surface area contributed by atoms with E-state index in [9.17, 15) is 18.0 Å². The molecule has 2 aliphatic heterocycles. The first kappa shape index (κ1) is 21.2. The maximum atomic E-state index is 13.6. The molecule has 3 aromatic carbocycles. The molecular weight excluding hydrogens is 438 g/mol. The second kappa shape index (κ2) is 8.04. The number of carbonyl (C=O) groups excluding carboxylic acids is 2. The summed E-state index contributed by atoms with van der Waals surface area (Å²) < 4.78 is 27.5. The zero-order valence-electron chi connectivity index (χ0n) is 18.1. The van der Waals surface area contributed by atoms with E-state index in [0.29, 0.717) is 6.54 Å². The van der Waals surface area contributed by atoms with Gasteiger partial charge in [0, 0.05) is 12.2 Å². The van der Waals surface area contributed by atoms with Crippen molar-refractivity contribution in [2.45, 2.75) is 24.7 Å². The number of urea groups is 1. The van der Waals surface area contributed by atoms with Crippen LogP contribution >= 0.6 is 0 Å². The van der Waals surface area contributed by atoms with E-state index in [2.05, 4.69) is 0 Å². The predicted molar refractivity (Wildman–Crippen MR) is 127 cm³/mol. The van der Waals surface area contributed by atoms with E-state index in [0.717, 1.165) is 34.0 Å². The summed E-state index contributed by atoms with van der Waals surface area (Å²) in [5.74, 6) is -0.256. The Bertz CT molecular complexity index is 1350. The Kier molecular flexibility index (Phi) is 5.17. The van der Waals surface area contributed by atoms with Crippen molar-refractivity contribution in [3.63, 3.8) is 0 Å². The van der Waals surface area contributed by atoms with Crippen LogP contribution in [-0.2, 0) is 21.2 Å². The van der Waals surface area contributed by atoms with Gasteiger partial charge in [-0.15, -0.1) is 0 Å². The summed E-state index contributed by atoms with van der Waals surface area (Å²) in [5, 5.41) is 0. The summed E-state index contributed by atoms with van der Waals surface area (Å²) in [4.78, 5) is 29.9. The molecule has 0 unspecified atom stereocenters. The first-order valence-corrected chi connectivity index (χ1v) is 12.2. The highest BCUT2D eigenvalue weighted by molar-refractivity contribution is 7.94. The Morgan fingerprint density at radius 3 is 2.33 bits per heavy atom. The second-order valence-electron chi connectivity index (χ2n) is 8.22. The van der Waals surface area contributed by atoms with Crippen LogP contribution in [0.3, 0.4) is 0 Å². The number of sulfonamides is 1. The number of fused-ring (bicyclic) bond motifs is 2. The molecule has 0 radical (unpaired) electrons. The molecule has 0 fully saturated rings. The van der Waals surface area contributed by atoms with E-state index in [1.54, 1.807) is 47.4 Å². The topological polar surface area (TPSA) is 78.0 Å². The normalized spacial score (nSPS) is 16.9. The number of nitrogens with zero attached hydrogens (tertiary/aromatic N) is 3. The zero-order valence-corrected chi connectivity index (χ0v) is 19.0. The molecule has 5 rings (SSSR count). The smallest absolute Gasteiger partial charge is 0.311 e. The van der Waals surface area contributed by atoms with Gasteiger partial charge in [0.05, 0.1) is 11.4 Å². The van der Waals surface area contributed by atoms with Crippen molar-refractivity contribution in [1.82, 2.24) is 0 Å². The summed E-state index contributed by atoms with van der Waals surface area (Å²) in [5.41, 5.74) is 3.32. The van der Waals surface area contributed by atoms with Crippen molar-refractivity contribution in [1.29, 1.82) is 0 Å². The van der Waals surface area contributed by atoms with Gasteiger partial charge in [-0.05, 0) is 55.7 Å². The third kappa shape index (κ3) is 3.56. The molecule has 7 nitrogen and oxygen atoms in total. The average molecular weight is 462 g/mol. The number of benzene rings is 3. The minimum Gasteiger partial charge on any atom is -0.311 e. The van der Waals surface area contributed by atoms with E-state index < -0.39 is 16.1 Å². The summed E-state index contributed by atoms with van der Waals surface area (Å²) in [7, 11) is -4.12. The van der Waals surface area contributed by atoms with Gasteiger partial charge in [0.2, 0.25) is 5.91 Å². The van der Waals surface area contributed by atoms with Crippen LogP contribution in [-0.4, -0.2) is 33.4 Å². The lowest BCUT2D eigenvalue weighted by Gasteiger charge is -2.37. The fourth-order valence-corrected chi connectivity index (χ4v) is 6.00. The summed E-state index contributed by atoms with van der Waals surface area (Å²) in [6.07, 6.45) is 1.72. The molecule has 168 valence electrons. The van der Waals surface area contributed by atoms with Crippen LogP contribution in [0, 0.1) is 6.92 Å². The molecule has 8 heteroatoms. The molecule has 33 heavy (non-hydrogen) atoms. The van der Waals surface area contributed by atoms with E-state index in [4.69, 9.17) is 0 Å². The Morgan fingerprint density at radius 1 is 0.909 bits per heavy atom. The maximum absolute atomic E-state index is 13.6. The number of carbonyl (C=O) groups is 2. The maximum Gasteiger partial charge on any atom is 0.343 e. The van der Waals surface area contributed by atoms with Crippen LogP contribution in [0.4, 0.5) is 21.9 Å². The van der Waals surface area contributed by atoms with Crippen molar-refractivity contribution in [2.24, 2.45) is 0 Å². The summed E-state index contributed by atoms with van der Waals surface area (Å²) >= 11 is 0. The fraction of sp³-hybridized carbons (Fsp3) is 0.200. The van der Waals surface area contributed by atoms with Crippen molar-refractivity contribution < 1.29 is 18.0 Å². The molecule has 3 amide bonds. The average Bonchev–Trinajstić information content (AvgIpc) is 2.82. The second-order valence-corrected chi connectivity index (χ2v) is 9.97. The summed E-state index contributed by atoms with van der Waals surface area (Å²) in [6, 6.07) is 20.0. The Balaban J connectivity index is 1.55. The van der Waals surface area contributed by atoms with E-state index >= 15 is 0 Å². The molecule has 0 bridgehead atoms. The van der Waals surface area contributed by atoms with Crippen LogP contribution in [0.15, 0.2) is 77.7 Å². The number of anilines is 3. The lowest BCUT2D eigenvalue weighted by Crippen LogP contribution is -2.54. The quantitative estimate of drug-likeness (QED) is 0.588. The van der Waals surface area contributed by atoms with Crippen molar-refractivity contribution in [3.8, 4) is 0 Å². The van der Waals surface area contributed by atoms with Crippen molar-refractivity contribution >= 4 is 39.0 Å². The van der Waals surface area contributed by atoms with Crippen LogP contribution in [0.2, 0.25) is 0 Å². The number of amides is 3. The Morgan fingerprint density at radius 2 is 1.58 bits per heavy atom. The highest BCUT2D eigenvalue weighted by Gasteiger charge is 2.43. The van der Waals surface area contributed by atoms with Gasteiger partial charge in [-0.1, -0.05) is 48.0 Å². The molecule has 0 atom stereocenters. The molecule has 2 heterocycles. The van der Waals surface area contributed by atoms with E-state index in [-0.39, 0.29) is 28.7 Å². The predicted octanol–water partition coefficient (Wildman–Crippen LogP) is 4.11. The third-order valence-electron chi connectivity index (χ3n) is 6.05. The summed E-state index contributed by atoms with van der Waals surface area (Å²) in [6.45, 7) is 2.18. The number of hydrogen-bond donors (Lipinski definition) is 0. The van der Waals surface area contributed by atoms with Crippen molar-refractivity contribution in [3.05, 3.63) is 83.9 Å². The highest BCUT2D eigenvalue weighted by atomic mass is 32.2. The van der Waals surface area contributed by atoms with Gasteiger partial charge in [-0.3, -0.25) is 9.69 Å². The molecule has 0 aromatic heterocycles. The third-order valence-corrected chi connectivity index (χ3v) is 7.80. The van der Waals surface area contributed by atoms with E-state index in [1.165, 1.54) is 11.0 Å². The molecule has 0 aliphatic carbocycles. The van der Waals surface area contributed by atoms with E-state index in [1.807, 2.05) is 31.2 Å². The zero-order chi connectivity index (χ0) is 23.2. The number of hydrogen-bond acceptors (Lipinski definition) is 4. The highest BCUT2D eigenvalue weighted by Crippen LogP contribution is 2.37. The number of para-hydroxylation sites is 2. The largest absolute Gasteiger partial charge is 0.343 e. The lowest BCUT2D eigenvalue weighted by molar-refractivity contribution is -0.117. The molecule has 0 saturated heterocycles. The fourth-order valence-electron chi connectivity index (χ4n) is 4.41. The SMILES string of the molecule is Cc1ccc(N2C(=O)N(CC(=O)N3CCCc4ccccc43)c3ccccc3S2(=O)=O)cc1. The molecular formula is C25H23N3O4S. The molecule has 3 aromatic rings. The van der Waals surface area contributed by atoms with Crippen LogP contribution in [0.5, 0.6) is 0 Å². The number of rotatable bonds is 3. The van der Waals surface area contributed by atoms with Gasteiger partial charge in [0.1, 0.15) is 11.4 Å². The van der Waals surface area contributed by atoms with Crippen LogP contribution in [0.25, 0.3) is 0 Å². The molecule has 0 saturated carbocycles. The first-order valence-electron chi connectivity index (χ1n) is 10.8. The Hall–Kier alpha value is -3.65. The molecule has 2 aliphatic rings. The van der Waals surface area contributed by atoms with Gasteiger partial charge >= 0.3 is 6.03 Å². The van der Waals surface area contributed by atoms with Gasteiger partial charge in [-0.2, -0.15) is 4.31 Å². The van der Waals surface area contributed by atoms with Crippen molar-refractivity contribution in [2.75, 3.05) is 27.2 Å². The number of aryl methyl sites for hydroxylation is 2. The minimum absolute atomic E-state index is 0.00276. The Labute approximate surface area is 192 Å².